The minimum atomic E-state index is -0.792. The fraction of sp³-hybridized carbons (Fsp3) is 0.321. The van der Waals surface area contributed by atoms with Crippen molar-refractivity contribution < 1.29 is 23.7 Å². The number of thiazole rings is 1. The van der Waals surface area contributed by atoms with Crippen LogP contribution >= 0.6 is 11.3 Å². The SMILES string of the molecule is CCCC1=C(C(=O)OCC)[C@@H](c2cc(OC)ccc2OC)n2c(s/c(=C\c3ccc(OC)cc3)c2=O)=N1. The first-order chi connectivity index (χ1) is 17.9. The summed E-state index contributed by atoms with van der Waals surface area (Å²) in [7, 11) is 4.73. The number of aromatic nitrogens is 1. The molecule has 0 aliphatic carbocycles. The van der Waals surface area contributed by atoms with Gasteiger partial charge in [-0.3, -0.25) is 9.36 Å². The third kappa shape index (κ3) is 5.17. The van der Waals surface area contributed by atoms with Crippen LogP contribution in [-0.4, -0.2) is 38.5 Å². The van der Waals surface area contributed by atoms with E-state index in [-0.39, 0.29) is 12.2 Å². The van der Waals surface area contributed by atoms with E-state index in [4.69, 9.17) is 23.9 Å². The standard InChI is InChI=1S/C28H30N2O6S/c1-6-8-21-24(27(32)36-7-2)25(20-16-19(34-4)13-14-22(20)35-5)30-26(31)23(37-28(30)29-21)15-17-9-11-18(33-3)12-10-17/h9-16,25H,6-8H2,1-5H3/b23-15-/t25-/m1/s1. The average Bonchev–Trinajstić information content (AvgIpc) is 3.22. The molecule has 194 valence electrons. The largest absolute Gasteiger partial charge is 0.497 e. The lowest BCUT2D eigenvalue weighted by molar-refractivity contribution is -0.139. The van der Waals surface area contributed by atoms with Crippen molar-refractivity contribution in [1.82, 2.24) is 4.57 Å². The Bertz CT molecular complexity index is 1500. The highest BCUT2D eigenvalue weighted by atomic mass is 32.1. The highest BCUT2D eigenvalue weighted by molar-refractivity contribution is 7.07. The van der Waals surface area contributed by atoms with Gasteiger partial charge in [-0.15, -0.1) is 0 Å². The van der Waals surface area contributed by atoms with Crippen LogP contribution in [-0.2, 0) is 9.53 Å². The van der Waals surface area contributed by atoms with Crippen molar-refractivity contribution >= 4 is 23.4 Å². The highest BCUT2D eigenvalue weighted by Gasteiger charge is 2.36. The van der Waals surface area contributed by atoms with Gasteiger partial charge >= 0.3 is 5.97 Å². The van der Waals surface area contributed by atoms with E-state index < -0.39 is 12.0 Å². The van der Waals surface area contributed by atoms with Gasteiger partial charge in [0.15, 0.2) is 4.80 Å². The van der Waals surface area contributed by atoms with Crippen LogP contribution in [0.15, 0.2) is 63.5 Å². The number of carbonyl (C=O) groups excluding carboxylic acids is 1. The van der Waals surface area contributed by atoms with Crippen LogP contribution < -0.4 is 29.1 Å². The second kappa shape index (κ2) is 11.5. The number of carbonyl (C=O) groups is 1. The third-order valence-corrected chi connectivity index (χ3v) is 7.02. The molecule has 37 heavy (non-hydrogen) atoms. The molecule has 0 amide bonds. The van der Waals surface area contributed by atoms with Gasteiger partial charge in [0.05, 0.1) is 43.7 Å². The molecule has 1 aliphatic heterocycles. The zero-order valence-electron chi connectivity index (χ0n) is 21.6. The Morgan fingerprint density at radius 3 is 2.35 bits per heavy atom. The van der Waals surface area contributed by atoms with Crippen molar-refractivity contribution in [3.63, 3.8) is 0 Å². The molecule has 9 heteroatoms. The van der Waals surface area contributed by atoms with Crippen LogP contribution in [0.5, 0.6) is 17.2 Å². The molecule has 1 aromatic heterocycles. The molecular formula is C28H30N2O6S. The van der Waals surface area contributed by atoms with Gasteiger partial charge in [-0.2, -0.15) is 0 Å². The highest BCUT2D eigenvalue weighted by Crippen LogP contribution is 2.38. The van der Waals surface area contributed by atoms with Gasteiger partial charge in [-0.1, -0.05) is 36.8 Å². The number of fused-ring (bicyclic) bond motifs is 1. The molecule has 3 aromatic rings. The van der Waals surface area contributed by atoms with Gasteiger partial charge in [0.1, 0.15) is 23.3 Å². The van der Waals surface area contributed by atoms with Crippen molar-refractivity contribution in [2.75, 3.05) is 27.9 Å². The molecule has 0 spiro atoms. The molecule has 1 atom stereocenters. The number of nitrogens with zero attached hydrogens (tertiary/aromatic N) is 2. The van der Waals surface area contributed by atoms with Gasteiger partial charge in [0, 0.05) is 5.56 Å². The first-order valence-corrected chi connectivity index (χ1v) is 12.8. The number of esters is 1. The summed E-state index contributed by atoms with van der Waals surface area (Å²) in [5.41, 5.74) is 2.14. The van der Waals surface area contributed by atoms with Gasteiger partial charge in [-0.25, -0.2) is 9.79 Å². The average molecular weight is 523 g/mol. The van der Waals surface area contributed by atoms with Crippen LogP contribution in [0.2, 0.25) is 0 Å². The summed E-state index contributed by atoms with van der Waals surface area (Å²) in [6, 6.07) is 12.0. The van der Waals surface area contributed by atoms with E-state index >= 15 is 0 Å². The predicted octanol–water partition coefficient (Wildman–Crippen LogP) is 3.60. The summed E-state index contributed by atoms with van der Waals surface area (Å²) < 4.78 is 23.9. The molecule has 8 nitrogen and oxygen atoms in total. The van der Waals surface area contributed by atoms with Crippen LogP contribution in [0, 0.1) is 0 Å². The van der Waals surface area contributed by atoms with Gasteiger partial charge in [-0.05, 0) is 55.3 Å². The number of ether oxygens (including phenoxy) is 4. The van der Waals surface area contributed by atoms with Crippen LogP contribution in [0.25, 0.3) is 6.08 Å². The minimum absolute atomic E-state index is 0.200. The third-order valence-electron chi connectivity index (χ3n) is 6.04. The zero-order chi connectivity index (χ0) is 26.5. The van der Waals surface area contributed by atoms with E-state index in [1.165, 1.54) is 11.3 Å². The number of rotatable bonds is 9. The van der Waals surface area contributed by atoms with Crippen molar-refractivity contribution in [3.8, 4) is 17.2 Å². The summed E-state index contributed by atoms with van der Waals surface area (Å²) >= 11 is 1.28. The van der Waals surface area contributed by atoms with Crippen molar-refractivity contribution in [1.29, 1.82) is 0 Å². The molecule has 0 fully saturated rings. The van der Waals surface area contributed by atoms with Gasteiger partial charge in [0.2, 0.25) is 0 Å². The van der Waals surface area contributed by atoms with Crippen molar-refractivity contribution in [2.45, 2.75) is 32.7 Å². The molecule has 0 saturated carbocycles. The van der Waals surface area contributed by atoms with Gasteiger partial charge in [0.25, 0.3) is 5.56 Å². The van der Waals surface area contributed by atoms with Crippen molar-refractivity contribution in [3.05, 3.63) is 84.5 Å². The van der Waals surface area contributed by atoms with Crippen LogP contribution in [0.1, 0.15) is 43.9 Å². The molecule has 2 heterocycles. The second-order valence-corrected chi connectivity index (χ2v) is 9.30. The Morgan fingerprint density at radius 1 is 1.03 bits per heavy atom. The fourth-order valence-corrected chi connectivity index (χ4v) is 5.34. The summed E-state index contributed by atoms with van der Waals surface area (Å²) in [6.07, 6.45) is 3.14. The first-order valence-electron chi connectivity index (χ1n) is 12.0. The molecular weight excluding hydrogens is 492 g/mol. The Balaban J connectivity index is 2.02. The summed E-state index contributed by atoms with van der Waals surface area (Å²) in [5, 5.41) is 0. The Labute approximate surface area is 219 Å². The fourth-order valence-electron chi connectivity index (χ4n) is 4.32. The zero-order valence-corrected chi connectivity index (χ0v) is 22.4. The lowest BCUT2D eigenvalue weighted by Gasteiger charge is -2.27. The molecule has 0 radical (unpaired) electrons. The lowest BCUT2D eigenvalue weighted by atomic mass is 9.93. The topological polar surface area (TPSA) is 88.4 Å². The minimum Gasteiger partial charge on any atom is -0.497 e. The summed E-state index contributed by atoms with van der Waals surface area (Å²) in [5.74, 6) is 1.32. The maximum Gasteiger partial charge on any atom is 0.338 e. The molecule has 0 unspecified atom stereocenters. The maximum absolute atomic E-state index is 13.9. The Morgan fingerprint density at radius 2 is 1.73 bits per heavy atom. The van der Waals surface area contributed by atoms with E-state index in [0.717, 1.165) is 17.7 Å². The summed E-state index contributed by atoms with van der Waals surface area (Å²) in [6.45, 7) is 3.97. The van der Waals surface area contributed by atoms with E-state index in [0.29, 0.717) is 44.1 Å². The first kappa shape index (κ1) is 26.2. The molecule has 0 N–H and O–H groups in total. The van der Waals surface area contributed by atoms with E-state index in [1.54, 1.807) is 51.0 Å². The molecule has 4 rings (SSSR count). The molecule has 2 aromatic carbocycles. The number of allylic oxidation sites excluding steroid dienone is 1. The van der Waals surface area contributed by atoms with Crippen LogP contribution in [0.3, 0.4) is 0 Å². The lowest BCUT2D eigenvalue weighted by Crippen LogP contribution is -2.40. The number of hydrogen-bond acceptors (Lipinski definition) is 8. The van der Waals surface area contributed by atoms with Crippen molar-refractivity contribution in [2.24, 2.45) is 4.99 Å². The van der Waals surface area contributed by atoms with Gasteiger partial charge < -0.3 is 18.9 Å². The van der Waals surface area contributed by atoms with E-state index in [1.807, 2.05) is 37.3 Å². The number of methoxy groups -OCH3 is 3. The monoisotopic (exact) mass is 522 g/mol. The molecule has 0 saturated heterocycles. The maximum atomic E-state index is 13.9. The summed E-state index contributed by atoms with van der Waals surface area (Å²) in [4.78, 5) is 32.5. The smallest absolute Gasteiger partial charge is 0.338 e. The van der Waals surface area contributed by atoms with Crippen LogP contribution in [0.4, 0.5) is 0 Å². The predicted molar refractivity (Wildman–Crippen MR) is 142 cm³/mol. The Kier molecular flexibility index (Phi) is 8.13. The normalized spacial score (nSPS) is 15.2. The Hall–Kier alpha value is -3.85. The quantitative estimate of drug-likeness (QED) is 0.399. The number of hydrogen-bond donors (Lipinski definition) is 0. The van der Waals surface area contributed by atoms with E-state index in [2.05, 4.69) is 0 Å². The number of benzene rings is 2. The molecule has 1 aliphatic rings. The molecule has 0 bridgehead atoms. The second-order valence-electron chi connectivity index (χ2n) is 8.29. The van der Waals surface area contributed by atoms with E-state index in [9.17, 15) is 9.59 Å².